The maximum Gasteiger partial charge on any atom is 0.344 e. The van der Waals surface area contributed by atoms with Crippen molar-refractivity contribution in [2.45, 2.75) is 95.9 Å². The van der Waals surface area contributed by atoms with E-state index in [-0.39, 0.29) is 11.5 Å². The molecule has 0 fully saturated rings. The molecule has 0 N–H and O–H groups in total. The number of unbranched alkanes of at least 4 members (excludes halogenated alkanes) is 7. The van der Waals surface area contributed by atoms with Crippen molar-refractivity contribution in [3.63, 3.8) is 0 Å². The first-order chi connectivity index (χ1) is 11.9. The third-order valence-corrected chi connectivity index (χ3v) is 8.73. The smallest absolute Gasteiger partial charge is 0.344 e. The lowest BCUT2D eigenvalue weighted by Crippen LogP contribution is -2.19. The van der Waals surface area contributed by atoms with Crippen LogP contribution in [0, 0.1) is 0 Å². The molecular formula is C19H35Cl3O2Si. The van der Waals surface area contributed by atoms with Crippen molar-refractivity contribution in [3.8, 4) is 0 Å². The van der Waals surface area contributed by atoms with Gasteiger partial charge in [0, 0.05) is 6.42 Å². The lowest BCUT2D eigenvalue weighted by atomic mass is 10.1. The van der Waals surface area contributed by atoms with Gasteiger partial charge in [-0.05, 0) is 44.1 Å². The molecule has 0 heterocycles. The molecule has 25 heavy (non-hydrogen) atoms. The SMILES string of the molecule is CCCCC/C=C/CCC(CCCCCCCC(=O)OC)[Si](Cl)(Cl)Cl. The van der Waals surface area contributed by atoms with Gasteiger partial charge in [0.25, 0.3) is 0 Å². The number of methoxy groups -OCH3 is 1. The second-order valence-corrected chi connectivity index (χ2v) is 15.7. The first-order valence-corrected chi connectivity index (χ1v) is 14.8. The van der Waals surface area contributed by atoms with E-state index in [1.54, 1.807) is 0 Å². The van der Waals surface area contributed by atoms with E-state index in [4.69, 9.17) is 33.2 Å². The minimum absolute atomic E-state index is 0.120. The molecule has 0 aromatic heterocycles. The summed E-state index contributed by atoms with van der Waals surface area (Å²) in [5, 5.41) is 0. The molecule has 0 saturated heterocycles. The Morgan fingerprint density at radius 3 is 2.20 bits per heavy atom. The van der Waals surface area contributed by atoms with Crippen LogP contribution in [0.25, 0.3) is 0 Å². The molecule has 0 rings (SSSR count). The van der Waals surface area contributed by atoms with Gasteiger partial charge in [-0.25, -0.2) is 0 Å². The van der Waals surface area contributed by atoms with Crippen LogP contribution in [-0.2, 0) is 9.53 Å². The van der Waals surface area contributed by atoms with Gasteiger partial charge in [0.15, 0.2) is 0 Å². The Hall–Kier alpha value is 0.297. The highest BCUT2D eigenvalue weighted by molar-refractivity contribution is 7.65. The Bertz CT molecular complexity index is 357. The molecule has 0 spiro atoms. The summed E-state index contributed by atoms with van der Waals surface area (Å²) in [7, 11) is 1.43. The Kier molecular flexibility index (Phi) is 16.7. The Morgan fingerprint density at radius 1 is 0.920 bits per heavy atom. The van der Waals surface area contributed by atoms with Gasteiger partial charge in [0.1, 0.15) is 0 Å². The molecule has 0 aromatic carbocycles. The second kappa shape index (κ2) is 16.5. The van der Waals surface area contributed by atoms with E-state index in [0.29, 0.717) is 6.42 Å². The Labute approximate surface area is 169 Å². The van der Waals surface area contributed by atoms with Crippen molar-refractivity contribution in [2.75, 3.05) is 7.11 Å². The molecule has 0 aliphatic rings. The summed E-state index contributed by atoms with van der Waals surface area (Å²) in [4.78, 5) is 11.0. The summed E-state index contributed by atoms with van der Waals surface area (Å²) in [5.74, 6) is -0.120. The number of rotatable bonds is 16. The summed E-state index contributed by atoms with van der Waals surface area (Å²) in [6, 6.07) is -2.64. The number of ether oxygens (including phenoxy) is 1. The van der Waals surface area contributed by atoms with E-state index in [1.807, 2.05) is 0 Å². The predicted octanol–water partition coefficient (Wildman–Crippen LogP) is 7.83. The van der Waals surface area contributed by atoms with Crippen molar-refractivity contribution in [2.24, 2.45) is 0 Å². The minimum Gasteiger partial charge on any atom is -0.469 e. The molecule has 1 atom stereocenters. The molecule has 0 bridgehead atoms. The molecule has 2 nitrogen and oxygen atoms in total. The normalized spacial score (nSPS) is 13.3. The maximum atomic E-state index is 11.0. The molecule has 0 amide bonds. The topological polar surface area (TPSA) is 26.3 Å². The van der Waals surface area contributed by atoms with Gasteiger partial charge in [-0.3, -0.25) is 4.79 Å². The highest BCUT2D eigenvalue weighted by Gasteiger charge is 2.35. The predicted molar refractivity (Wildman–Crippen MR) is 114 cm³/mol. The van der Waals surface area contributed by atoms with Crippen molar-refractivity contribution in [3.05, 3.63) is 12.2 Å². The molecule has 0 saturated carbocycles. The number of hydrogen-bond donors (Lipinski definition) is 0. The largest absolute Gasteiger partial charge is 0.469 e. The first kappa shape index (κ1) is 25.3. The van der Waals surface area contributed by atoms with Gasteiger partial charge < -0.3 is 4.74 Å². The summed E-state index contributed by atoms with van der Waals surface area (Å²) in [5.41, 5.74) is 0.243. The Morgan fingerprint density at radius 2 is 1.56 bits per heavy atom. The van der Waals surface area contributed by atoms with Gasteiger partial charge in [-0.15, -0.1) is 33.2 Å². The van der Waals surface area contributed by atoms with Crippen LogP contribution >= 0.6 is 33.2 Å². The van der Waals surface area contributed by atoms with Crippen molar-refractivity contribution < 1.29 is 9.53 Å². The van der Waals surface area contributed by atoms with Crippen molar-refractivity contribution in [1.29, 1.82) is 0 Å². The third-order valence-electron chi connectivity index (χ3n) is 4.45. The van der Waals surface area contributed by atoms with Crippen LogP contribution in [0.5, 0.6) is 0 Å². The highest BCUT2D eigenvalue weighted by Crippen LogP contribution is 2.40. The average Bonchev–Trinajstić information content (AvgIpc) is 2.56. The highest BCUT2D eigenvalue weighted by atomic mass is 35.8. The van der Waals surface area contributed by atoms with Gasteiger partial charge >= 0.3 is 12.0 Å². The van der Waals surface area contributed by atoms with Crippen LogP contribution in [0.15, 0.2) is 12.2 Å². The Balaban J connectivity index is 3.84. The monoisotopic (exact) mass is 428 g/mol. The van der Waals surface area contributed by atoms with E-state index >= 15 is 0 Å². The molecule has 0 aliphatic carbocycles. The van der Waals surface area contributed by atoms with E-state index in [1.165, 1.54) is 26.4 Å². The summed E-state index contributed by atoms with van der Waals surface area (Å²) >= 11 is 18.9. The van der Waals surface area contributed by atoms with Gasteiger partial charge in [0.2, 0.25) is 0 Å². The molecular weight excluding hydrogens is 395 g/mol. The van der Waals surface area contributed by atoms with Gasteiger partial charge in [-0.2, -0.15) is 0 Å². The molecule has 6 heteroatoms. The molecule has 0 aromatic rings. The van der Waals surface area contributed by atoms with Crippen molar-refractivity contribution >= 4 is 45.2 Å². The van der Waals surface area contributed by atoms with Gasteiger partial charge in [0.05, 0.1) is 7.11 Å². The minimum atomic E-state index is -2.64. The molecule has 148 valence electrons. The fraction of sp³-hybridized carbons (Fsp3) is 0.842. The summed E-state index contributed by atoms with van der Waals surface area (Å²) < 4.78 is 4.64. The fourth-order valence-electron chi connectivity index (χ4n) is 2.81. The van der Waals surface area contributed by atoms with E-state index in [0.717, 1.165) is 57.8 Å². The first-order valence-electron chi connectivity index (χ1n) is 9.70. The molecule has 0 aliphatic heterocycles. The van der Waals surface area contributed by atoms with Gasteiger partial charge in [-0.1, -0.05) is 57.6 Å². The lowest BCUT2D eigenvalue weighted by molar-refractivity contribution is -0.140. The lowest BCUT2D eigenvalue weighted by Gasteiger charge is -2.21. The van der Waals surface area contributed by atoms with Crippen LogP contribution in [0.2, 0.25) is 5.54 Å². The van der Waals surface area contributed by atoms with Crippen LogP contribution in [0.3, 0.4) is 0 Å². The molecule has 1 unspecified atom stereocenters. The van der Waals surface area contributed by atoms with E-state index in [2.05, 4.69) is 23.8 Å². The van der Waals surface area contributed by atoms with E-state index in [9.17, 15) is 4.79 Å². The zero-order valence-corrected chi connectivity index (χ0v) is 19.1. The van der Waals surface area contributed by atoms with Crippen LogP contribution < -0.4 is 0 Å². The molecule has 0 radical (unpaired) electrons. The standard InChI is InChI=1S/C19H35Cl3O2Si/c1-3-4-5-6-7-9-12-15-18(25(20,21)22)16-13-10-8-11-14-17-19(23)24-2/h7,9,18H,3-6,8,10-17H2,1-2H3/b9-7+. The number of hydrogen-bond acceptors (Lipinski definition) is 2. The third kappa shape index (κ3) is 16.2. The summed E-state index contributed by atoms with van der Waals surface area (Å²) in [6.07, 6.45) is 18.4. The number of carbonyl (C=O) groups excluding carboxylic acids is 1. The zero-order chi connectivity index (χ0) is 19.0. The quantitative estimate of drug-likeness (QED) is 0.0821. The van der Waals surface area contributed by atoms with E-state index < -0.39 is 6.00 Å². The van der Waals surface area contributed by atoms with Crippen molar-refractivity contribution in [1.82, 2.24) is 0 Å². The number of carbonyl (C=O) groups is 1. The summed E-state index contributed by atoms with van der Waals surface area (Å²) in [6.45, 7) is 2.22. The number of esters is 1. The number of allylic oxidation sites excluding steroid dienone is 2. The maximum absolute atomic E-state index is 11.0. The fourth-order valence-corrected chi connectivity index (χ4v) is 5.80. The van der Waals surface area contributed by atoms with Crippen LogP contribution in [-0.4, -0.2) is 19.1 Å². The second-order valence-electron chi connectivity index (χ2n) is 6.67. The zero-order valence-electron chi connectivity index (χ0n) is 15.9. The number of halogens is 3. The average molecular weight is 430 g/mol. The van der Waals surface area contributed by atoms with Crippen LogP contribution in [0.4, 0.5) is 0 Å². The van der Waals surface area contributed by atoms with Crippen LogP contribution in [0.1, 0.15) is 90.4 Å².